The Morgan fingerprint density at radius 1 is 1.25 bits per heavy atom. The Balaban J connectivity index is 2.19. The smallest absolute Gasteiger partial charge is 0.151 e. The fourth-order valence-corrected chi connectivity index (χ4v) is 2.95. The number of fused-ring (bicyclic) bond motifs is 3. The van der Waals surface area contributed by atoms with E-state index in [-0.39, 0.29) is 5.41 Å². The van der Waals surface area contributed by atoms with Gasteiger partial charge in [-0.2, -0.15) is 0 Å². The summed E-state index contributed by atoms with van der Waals surface area (Å²) in [5.41, 5.74) is 0.0606. The molecule has 2 nitrogen and oxygen atoms in total. The molecule has 0 aromatic rings. The molecule has 3 saturated carbocycles. The monoisotopic (exact) mass is 187 g/mol. The zero-order valence-corrected chi connectivity index (χ0v) is 7.85. The molecule has 3 rings (SSSR count). The van der Waals surface area contributed by atoms with Gasteiger partial charge in [-0.15, -0.1) is 0 Å². The lowest BCUT2D eigenvalue weighted by Crippen LogP contribution is -2.38. The van der Waals surface area contributed by atoms with Gasteiger partial charge in [-0.05, 0) is 44.4 Å². The maximum absolute atomic E-state index is 8.66. The Morgan fingerprint density at radius 3 is 2.17 bits per heavy atom. The van der Waals surface area contributed by atoms with Gasteiger partial charge in [0.1, 0.15) is 0 Å². The van der Waals surface area contributed by atoms with Crippen LogP contribution in [0.2, 0.25) is 0 Å². The molecule has 0 saturated heterocycles. The van der Waals surface area contributed by atoms with Crippen LogP contribution in [0.5, 0.6) is 0 Å². The summed E-state index contributed by atoms with van der Waals surface area (Å²) >= 11 is 5.93. The van der Waals surface area contributed by atoms with Gasteiger partial charge in [0.05, 0.1) is 0 Å². The molecular weight excluding hydrogens is 174 g/mol. The number of rotatable bonds is 1. The van der Waals surface area contributed by atoms with E-state index in [1.807, 2.05) is 0 Å². The zero-order valence-electron chi connectivity index (χ0n) is 7.09. The van der Waals surface area contributed by atoms with Crippen molar-refractivity contribution in [3.63, 3.8) is 0 Å². The average molecular weight is 188 g/mol. The molecule has 12 heavy (non-hydrogen) atoms. The Bertz CT molecular complexity index is 193. The summed E-state index contributed by atoms with van der Waals surface area (Å²) < 4.78 is 0. The van der Waals surface area contributed by atoms with Crippen molar-refractivity contribution in [2.45, 2.75) is 38.5 Å². The summed E-state index contributed by atoms with van der Waals surface area (Å²) in [6.07, 6.45) is 7.19. The van der Waals surface area contributed by atoms with Crippen LogP contribution in [0.4, 0.5) is 0 Å². The Kier molecular flexibility index (Phi) is 2.03. The first-order valence-electron chi connectivity index (χ1n) is 4.65. The average Bonchev–Trinajstić information content (AvgIpc) is 2.19. The van der Waals surface area contributed by atoms with Crippen molar-refractivity contribution in [3.05, 3.63) is 0 Å². The summed E-state index contributed by atoms with van der Waals surface area (Å²) in [5.74, 6) is 0.926. The molecular formula is C9H14ClNO. The highest BCUT2D eigenvalue weighted by Gasteiger charge is 2.43. The lowest BCUT2D eigenvalue weighted by molar-refractivity contribution is 0.126. The normalized spacial score (nSPS) is 41.8. The highest BCUT2D eigenvalue weighted by atomic mass is 35.5. The van der Waals surface area contributed by atoms with Crippen LogP contribution in [-0.4, -0.2) is 10.4 Å². The molecule has 3 fully saturated rings. The first-order valence-corrected chi connectivity index (χ1v) is 5.03. The van der Waals surface area contributed by atoms with E-state index in [0.29, 0.717) is 5.17 Å². The molecule has 0 spiro atoms. The van der Waals surface area contributed by atoms with Crippen LogP contribution in [0.3, 0.4) is 0 Å². The van der Waals surface area contributed by atoms with Gasteiger partial charge in [-0.3, -0.25) is 0 Å². The van der Waals surface area contributed by atoms with Crippen molar-refractivity contribution in [3.8, 4) is 0 Å². The van der Waals surface area contributed by atoms with Crippen LogP contribution in [0.25, 0.3) is 0 Å². The third-order valence-electron chi connectivity index (χ3n) is 3.62. The minimum absolute atomic E-state index is 0.0606. The molecule has 0 aromatic carbocycles. The number of halogens is 1. The maximum Gasteiger partial charge on any atom is 0.151 e. The highest BCUT2D eigenvalue weighted by molar-refractivity contribution is 6.66. The SMILES string of the molecule is ON=C(Cl)C12CCC(CC1)CC2. The molecule has 3 heteroatoms. The molecule has 0 aliphatic heterocycles. The van der Waals surface area contributed by atoms with Gasteiger partial charge in [0.25, 0.3) is 0 Å². The van der Waals surface area contributed by atoms with Gasteiger partial charge in [0, 0.05) is 5.41 Å². The molecule has 2 bridgehead atoms. The quantitative estimate of drug-likeness (QED) is 0.382. The van der Waals surface area contributed by atoms with E-state index in [0.717, 1.165) is 25.2 Å². The van der Waals surface area contributed by atoms with Crippen molar-refractivity contribution < 1.29 is 5.21 Å². The van der Waals surface area contributed by atoms with Crippen LogP contribution >= 0.6 is 11.6 Å². The number of hydrogen-bond acceptors (Lipinski definition) is 2. The van der Waals surface area contributed by atoms with E-state index >= 15 is 0 Å². The van der Waals surface area contributed by atoms with Crippen molar-refractivity contribution in [2.24, 2.45) is 16.5 Å². The van der Waals surface area contributed by atoms with Crippen molar-refractivity contribution in [1.29, 1.82) is 0 Å². The first kappa shape index (κ1) is 8.36. The third kappa shape index (κ3) is 1.13. The Hall–Kier alpha value is -0.240. The van der Waals surface area contributed by atoms with Crippen molar-refractivity contribution in [2.75, 3.05) is 0 Å². The molecule has 0 radical (unpaired) electrons. The van der Waals surface area contributed by atoms with Gasteiger partial charge in [0.2, 0.25) is 0 Å². The molecule has 3 aliphatic carbocycles. The molecule has 0 aromatic heterocycles. The molecule has 0 atom stereocenters. The minimum atomic E-state index is 0.0606. The van der Waals surface area contributed by atoms with Crippen LogP contribution in [-0.2, 0) is 0 Å². The fourth-order valence-electron chi connectivity index (χ4n) is 2.66. The van der Waals surface area contributed by atoms with E-state index in [2.05, 4.69) is 5.16 Å². The van der Waals surface area contributed by atoms with Crippen LogP contribution in [0.1, 0.15) is 38.5 Å². The second-order valence-corrected chi connectivity index (χ2v) is 4.51. The molecule has 68 valence electrons. The van der Waals surface area contributed by atoms with Crippen LogP contribution < -0.4 is 0 Å². The van der Waals surface area contributed by atoms with Crippen LogP contribution in [0, 0.1) is 11.3 Å². The first-order chi connectivity index (χ1) is 5.77. The molecule has 0 amide bonds. The van der Waals surface area contributed by atoms with Crippen LogP contribution in [0.15, 0.2) is 5.16 Å². The summed E-state index contributed by atoms with van der Waals surface area (Å²) in [7, 11) is 0. The summed E-state index contributed by atoms with van der Waals surface area (Å²) in [5, 5.41) is 12.3. The van der Waals surface area contributed by atoms with Gasteiger partial charge >= 0.3 is 0 Å². The van der Waals surface area contributed by atoms with Gasteiger partial charge in [-0.25, -0.2) is 0 Å². The molecule has 0 heterocycles. The summed E-state index contributed by atoms with van der Waals surface area (Å²) in [4.78, 5) is 0. The van der Waals surface area contributed by atoms with Gasteiger partial charge in [-0.1, -0.05) is 16.8 Å². The summed E-state index contributed by atoms with van der Waals surface area (Å²) in [6, 6.07) is 0. The van der Waals surface area contributed by atoms with Crippen molar-refractivity contribution in [1.82, 2.24) is 0 Å². The standard InChI is InChI=1S/C9H14ClNO/c10-8(11-12)9-4-1-7(2-5-9)3-6-9/h7,12H,1-6H2. The fraction of sp³-hybridized carbons (Fsp3) is 0.889. The predicted molar refractivity (Wildman–Crippen MR) is 48.7 cm³/mol. The van der Waals surface area contributed by atoms with Gasteiger partial charge < -0.3 is 5.21 Å². The highest BCUT2D eigenvalue weighted by Crippen LogP contribution is 2.51. The number of nitrogens with zero attached hydrogens (tertiary/aromatic N) is 1. The lowest BCUT2D eigenvalue weighted by atomic mass is 9.61. The summed E-state index contributed by atoms with van der Waals surface area (Å²) in [6.45, 7) is 0. The number of oxime groups is 1. The van der Waals surface area contributed by atoms with E-state index in [1.54, 1.807) is 0 Å². The second-order valence-electron chi connectivity index (χ2n) is 4.15. The van der Waals surface area contributed by atoms with E-state index in [4.69, 9.17) is 16.8 Å². The van der Waals surface area contributed by atoms with Crippen molar-refractivity contribution >= 4 is 16.8 Å². The molecule has 1 N–H and O–H groups in total. The Morgan fingerprint density at radius 2 is 1.75 bits per heavy atom. The third-order valence-corrected chi connectivity index (χ3v) is 4.10. The molecule has 0 unspecified atom stereocenters. The van der Waals surface area contributed by atoms with E-state index in [9.17, 15) is 0 Å². The lowest BCUT2D eigenvalue weighted by Gasteiger charge is -2.45. The second kappa shape index (κ2) is 2.91. The number of hydrogen-bond donors (Lipinski definition) is 1. The molecule has 3 aliphatic rings. The topological polar surface area (TPSA) is 32.6 Å². The minimum Gasteiger partial charge on any atom is -0.410 e. The van der Waals surface area contributed by atoms with E-state index in [1.165, 1.54) is 19.3 Å². The van der Waals surface area contributed by atoms with Gasteiger partial charge in [0.15, 0.2) is 5.17 Å². The largest absolute Gasteiger partial charge is 0.410 e. The predicted octanol–water partition coefficient (Wildman–Crippen LogP) is 2.98. The maximum atomic E-state index is 8.66. The Labute approximate surface area is 77.6 Å². The zero-order chi connectivity index (χ0) is 8.60. The van der Waals surface area contributed by atoms with E-state index < -0.39 is 0 Å².